The third-order valence-electron chi connectivity index (χ3n) is 5.41. The number of aryl methyl sites for hydroxylation is 1. The van der Waals surface area contributed by atoms with E-state index in [1.807, 2.05) is 41.4 Å². The van der Waals surface area contributed by atoms with Gasteiger partial charge in [0.05, 0.1) is 11.1 Å². The predicted octanol–water partition coefficient (Wildman–Crippen LogP) is 4.25. The summed E-state index contributed by atoms with van der Waals surface area (Å²) in [4.78, 5) is 24.1. The molecule has 1 atom stereocenters. The van der Waals surface area contributed by atoms with Crippen LogP contribution in [0.1, 0.15) is 54.7 Å². The summed E-state index contributed by atoms with van der Waals surface area (Å²) in [6.45, 7) is 4.74. The largest absolute Gasteiger partial charge is 0.338 e. The number of carbonyl (C=O) groups excluding carboxylic acids is 1. The summed E-state index contributed by atoms with van der Waals surface area (Å²) in [5.74, 6) is 1.50. The maximum atomic E-state index is 13.1. The summed E-state index contributed by atoms with van der Waals surface area (Å²) < 4.78 is 2.26. The average molecular weight is 362 g/mol. The van der Waals surface area contributed by atoms with Gasteiger partial charge in [-0.2, -0.15) is 0 Å². The third kappa shape index (κ3) is 3.72. The molecule has 0 aliphatic carbocycles. The number of piperidine rings is 1. The lowest BCUT2D eigenvalue weighted by molar-refractivity contribution is 0.0703. The van der Waals surface area contributed by atoms with E-state index in [1.165, 1.54) is 6.42 Å². The molecule has 5 heteroatoms. The number of rotatable bonds is 5. The van der Waals surface area contributed by atoms with Crippen LogP contribution in [0.4, 0.5) is 0 Å². The number of hydrogen-bond donors (Lipinski definition) is 0. The smallest absolute Gasteiger partial charge is 0.255 e. The van der Waals surface area contributed by atoms with Crippen LogP contribution in [0.5, 0.6) is 0 Å². The number of aromatic nitrogens is 3. The first kappa shape index (κ1) is 17.7. The second-order valence-corrected chi connectivity index (χ2v) is 7.34. The molecule has 1 unspecified atom stereocenters. The number of nitrogens with zero attached hydrogens (tertiary/aromatic N) is 4. The number of unbranched alkanes of at least 4 members (excludes halogenated alkanes) is 1. The SMILES string of the molecule is CCCCn1ccnc1C1CCCN(C(=O)c2cnc3ccccc3c2)C1. The van der Waals surface area contributed by atoms with Crippen LogP contribution in [0.25, 0.3) is 10.9 Å². The maximum Gasteiger partial charge on any atom is 0.255 e. The zero-order chi connectivity index (χ0) is 18.6. The molecule has 5 nitrogen and oxygen atoms in total. The fourth-order valence-electron chi connectivity index (χ4n) is 3.94. The molecule has 1 saturated heterocycles. The standard InChI is InChI=1S/C22H26N4O/c1-2-3-11-25-13-10-23-21(25)18-8-6-12-26(16-18)22(27)19-14-17-7-4-5-9-20(17)24-15-19/h4-5,7,9-10,13-15,18H,2-3,6,8,11-12,16H2,1H3. The lowest BCUT2D eigenvalue weighted by Gasteiger charge is -2.32. The average Bonchev–Trinajstić information content (AvgIpc) is 3.20. The Morgan fingerprint density at radius 1 is 1.26 bits per heavy atom. The van der Waals surface area contributed by atoms with E-state index in [0.717, 1.165) is 55.6 Å². The van der Waals surface area contributed by atoms with Gasteiger partial charge >= 0.3 is 0 Å². The van der Waals surface area contributed by atoms with Crippen LogP contribution in [0.3, 0.4) is 0 Å². The molecular weight excluding hydrogens is 336 g/mol. The van der Waals surface area contributed by atoms with E-state index in [1.54, 1.807) is 6.20 Å². The zero-order valence-corrected chi connectivity index (χ0v) is 15.8. The molecule has 0 saturated carbocycles. The van der Waals surface area contributed by atoms with Crippen LogP contribution >= 0.6 is 0 Å². The first-order valence-electron chi connectivity index (χ1n) is 9.91. The molecule has 3 heterocycles. The Morgan fingerprint density at radius 2 is 2.15 bits per heavy atom. The fraction of sp³-hybridized carbons (Fsp3) is 0.409. The van der Waals surface area contributed by atoms with Crippen LogP contribution in [0, 0.1) is 0 Å². The van der Waals surface area contributed by atoms with E-state index in [4.69, 9.17) is 0 Å². The van der Waals surface area contributed by atoms with Crippen molar-refractivity contribution in [2.24, 2.45) is 0 Å². The highest BCUT2D eigenvalue weighted by Gasteiger charge is 2.28. The van der Waals surface area contributed by atoms with Crippen LogP contribution in [-0.2, 0) is 6.54 Å². The number of pyridine rings is 1. The van der Waals surface area contributed by atoms with Gasteiger partial charge in [-0.25, -0.2) is 4.98 Å². The molecule has 1 aliphatic rings. The van der Waals surface area contributed by atoms with Crippen molar-refractivity contribution in [1.82, 2.24) is 19.4 Å². The molecule has 0 spiro atoms. The number of imidazole rings is 1. The molecule has 1 amide bonds. The molecule has 1 fully saturated rings. The lowest BCUT2D eigenvalue weighted by Crippen LogP contribution is -2.39. The van der Waals surface area contributed by atoms with Gasteiger partial charge in [0.1, 0.15) is 5.82 Å². The molecular formula is C22H26N4O. The van der Waals surface area contributed by atoms with Crippen molar-refractivity contribution in [1.29, 1.82) is 0 Å². The van der Waals surface area contributed by atoms with E-state index < -0.39 is 0 Å². The molecule has 27 heavy (non-hydrogen) atoms. The van der Waals surface area contributed by atoms with Gasteiger partial charge < -0.3 is 9.47 Å². The quantitative estimate of drug-likeness (QED) is 0.682. The van der Waals surface area contributed by atoms with Gasteiger partial charge in [-0.15, -0.1) is 0 Å². The van der Waals surface area contributed by atoms with E-state index in [9.17, 15) is 4.79 Å². The molecule has 3 aromatic rings. The highest BCUT2D eigenvalue weighted by atomic mass is 16.2. The molecule has 0 N–H and O–H groups in total. The van der Waals surface area contributed by atoms with Crippen molar-refractivity contribution in [3.8, 4) is 0 Å². The second kappa shape index (κ2) is 7.91. The van der Waals surface area contributed by atoms with Gasteiger partial charge in [-0.1, -0.05) is 31.5 Å². The summed E-state index contributed by atoms with van der Waals surface area (Å²) in [6.07, 6.45) is 10.1. The minimum atomic E-state index is 0.0737. The Balaban J connectivity index is 1.52. The van der Waals surface area contributed by atoms with Gasteiger partial charge in [0.25, 0.3) is 5.91 Å². The van der Waals surface area contributed by atoms with Crippen LogP contribution in [0.15, 0.2) is 48.9 Å². The van der Waals surface area contributed by atoms with E-state index in [0.29, 0.717) is 11.5 Å². The van der Waals surface area contributed by atoms with Crippen molar-refractivity contribution in [2.75, 3.05) is 13.1 Å². The summed E-state index contributed by atoms with van der Waals surface area (Å²) in [5.41, 5.74) is 1.59. The molecule has 4 rings (SSSR count). The minimum Gasteiger partial charge on any atom is -0.338 e. The first-order valence-corrected chi connectivity index (χ1v) is 9.91. The van der Waals surface area contributed by atoms with E-state index >= 15 is 0 Å². The monoisotopic (exact) mass is 362 g/mol. The van der Waals surface area contributed by atoms with E-state index in [-0.39, 0.29) is 5.91 Å². The van der Waals surface area contributed by atoms with Gasteiger partial charge in [0.2, 0.25) is 0 Å². The summed E-state index contributed by atoms with van der Waals surface area (Å²) >= 11 is 0. The first-order chi connectivity index (χ1) is 13.3. The third-order valence-corrected chi connectivity index (χ3v) is 5.41. The maximum absolute atomic E-state index is 13.1. The normalized spacial score (nSPS) is 17.4. The summed E-state index contributed by atoms with van der Waals surface area (Å²) in [5, 5.41) is 1.01. The Bertz CT molecular complexity index is 933. The summed E-state index contributed by atoms with van der Waals surface area (Å²) in [7, 11) is 0. The van der Waals surface area contributed by atoms with Gasteiger partial charge in [0, 0.05) is 49.5 Å². The summed E-state index contributed by atoms with van der Waals surface area (Å²) in [6, 6.07) is 9.87. The van der Waals surface area contributed by atoms with Crippen molar-refractivity contribution in [3.05, 3.63) is 60.3 Å². The topological polar surface area (TPSA) is 51.0 Å². The Morgan fingerprint density at radius 3 is 3.04 bits per heavy atom. The van der Waals surface area contributed by atoms with Crippen molar-refractivity contribution in [2.45, 2.75) is 45.1 Å². The van der Waals surface area contributed by atoms with Crippen LogP contribution in [0.2, 0.25) is 0 Å². The Labute approximate surface area is 160 Å². The molecule has 1 aliphatic heterocycles. The molecule has 0 radical (unpaired) electrons. The Kier molecular flexibility index (Phi) is 5.19. The highest BCUT2D eigenvalue weighted by Crippen LogP contribution is 2.27. The number of amides is 1. The number of carbonyl (C=O) groups is 1. The molecule has 2 aromatic heterocycles. The van der Waals surface area contributed by atoms with Crippen LogP contribution in [-0.4, -0.2) is 38.4 Å². The Hall–Kier alpha value is -2.69. The number of para-hydroxylation sites is 1. The van der Waals surface area contributed by atoms with Gasteiger partial charge in [-0.3, -0.25) is 9.78 Å². The second-order valence-electron chi connectivity index (χ2n) is 7.34. The number of fused-ring (bicyclic) bond motifs is 1. The van der Waals surface area contributed by atoms with Crippen molar-refractivity contribution in [3.63, 3.8) is 0 Å². The van der Waals surface area contributed by atoms with Gasteiger partial charge in [0.15, 0.2) is 0 Å². The van der Waals surface area contributed by atoms with E-state index in [2.05, 4.69) is 27.7 Å². The molecule has 140 valence electrons. The predicted molar refractivity (Wildman–Crippen MR) is 107 cm³/mol. The number of likely N-dealkylation sites (tertiary alicyclic amines) is 1. The molecule has 0 bridgehead atoms. The van der Waals surface area contributed by atoms with Crippen molar-refractivity contribution < 1.29 is 4.79 Å². The van der Waals surface area contributed by atoms with Crippen molar-refractivity contribution >= 4 is 16.8 Å². The van der Waals surface area contributed by atoms with Gasteiger partial charge in [-0.05, 0) is 31.4 Å². The molecule has 1 aromatic carbocycles. The minimum absolute atomic E-state index is 0.0737. The fourth-order valence-corrected chi connectivity index (χ4v) is 3.94. The number of benzene rings is 1. The highest BCUT2D eigenvalue weighted by molar-refractivity contribution is 5.97. The van der Waals surface area contributed by atoms with Crippen LogP contribution < -0.4 is 0 Å². The lowest BCUT2D eigenvalue weighted by atomic mass is 9.96. The number of hydrogen-bond acceptors (Lipinski definition) is 3. The zero-order valence-electron chi connectivity index (χ0n) is 15.8.